The molecule has 0 rings (SSSR count). The predicted octanol–water partition coefficient (Wildman–Crippen LogP) is 1.64. The van der Waals surface area contributed by atoms with Gasteiger partial charge in [-0.2, -0.15) is 8.42 Å². The van der Waals surface area contributed by atoms with E-state index in [1.807, 2.05) is 20.8 Å². The van der Waals surface area contributed by atoms with Crippen LogP contribution < -0.4 is 0 Å². The minimum Gasteiger partial charge on any atom is -0.270 e. The molecule has 0 aliphatic heterocycles. The highest BCUT2D eigenvalue weighted by Gasteiger charge is 2.17. The molecule has 0 saturated carbocycles. The van der Waals surface area contributed by atoms with Gasteiger partial charge in [-0.05, 0) is 18.8 Å². The van der Waals surface area contributed by atoms with E-state index in [0.29, 0.717) is 5.92 Å². The lowest BCUT2D eigenvalue weighted by atomic mass is 10.0. The van der Waals surface area contributed by atoms with Crippen molar-refractivity contribution in [1.82, 2.24) is 0 Å². The third-order valence-corrected chi connectivity index (χ3v) is 3.43. The van der Waals surface area contributed by atoms with Gasteiger partial charge in [-0.3, -0.25) is 4.18 Å². The molecular formula is C8H18O3S. The van der Waals surface area contributed by atoms with E-state index in [1.165, 1.54) is 0 Å². The van der Waals surface area contributed by atoms with Gasteiger partial charge in [0.1, 0.15) is 0 Å². The monoisotopic (exact) mass is 194 g/mol. The molecule has 0 aliphatic carbocycles. The predicted molar refractivity (Wildman–Crippen MR) is 49.4 cm³/mol. The van der Waals surface area contributed by atoms with Crippen LogP contribution in [0.5, 0.6) is 0 Å². The van der Waals surface area contributed by atoms with Crippen LogP contribution in [0.4, 0.5) is 0 Å². The summed E-state index contributed by atoms with van der Waals surface area (Å²) in [5.74, 6) is 0.653. The van der Waals surface area contributed by atoms with Crippen molar-refractivity contribution in [3.05, 3.63) is 0 Å². The van der Waals surface area contributed by atoms with Crippen LogP contribution in [0.25, 0.3) is 0 Å². The van der Waals surface area contributed by atoms with Crippen LogP contribution in [0, 0.1) is 11.8 Å². The van der Waals surface area contributed by atoms with Gasteiger partial charge in [0.15, 0.2) is 0 Å². The molecule has 0 aromatic rings. The maximum absolute atomic E-state index is 11.1. The van der Waals surface area contributed by atoms with E-state index < -0.39 is 10.1 Å². The Bertz CT molecular complexity index is 206. The Kier molecular flexibility index (Phi) is 4.78. The van der Waals surface area contributed by atoms with Crippen LogP contribution in [-0.2, 0) is 14.3 Å². The van der Waals surface area contributed by atoms with E-state index in [0.717, 1.165) is 0 Å². The zero-order valence-corrected chi connectivity index (χ0v) is 9.02. The lowest BCUT2D eigenvalue weighted by Gasteiger charge is -2.14. The summed E-state index contributed by atoms with van der Waals surface area (Å²) in [5.41, 5.74) is 0. The van der Waals surface area contributed by atoms with Gasteiger partial charge in [0.2, 0.25) is 0 Å². The summed E-state index contributed by atoms with van der Waals surface area (Å²) in [6, 6.07) is 0. The largest absolute Gasteiger partial charge is 0.270 e. The molecule has 0 fully saturated rings. The minimum absolute atomic E-state index is 0.124. The molecule has 12 heavy (non-hydrogen) atoms. The maximum Gasteiger partial charge on any atom is 0.267 e. The van der Waals surface area contributed by atoms with Gasteiger partial charge in [0.25, 0.3) is 10.1 Å². The van der Waals surface area contributed by atoms with Crippen LogP contribution in [0.3, 0.4) is 0 Å². The highest BCUT2D eigenvalue weighted by molar-refractivity contribution is 7.86. The topological polar surface area (TPSA) is 43.4 Å². The molecule has 0 heterocycles. The van der Waals surface area contributed by atoms with Crippen molar-refractivity contribution in [1.29, 1.82) is 0 Å². The Labute approximate surface area is 75.2 Å². The standard InChI is InChI=1S/C8H18O3S/c1-5-11-12(9,10)6-8(4)7(2)3/h7-8H,5-6H2,1-4H3. The van der Waals surface area contributed by atoms with Crippen molar-refractivity contribution in [2.45, 2.75) is 27.7 Å². The lowest BCUT2D eigenvalue weighted by molar-refractivity contribution is 0.327. The molecule has 74 valence electrons. The highest BCUT2D eigenvalue weighted by atomic mass is 32.2. The molecule has 0 bridgehead atoms. The molecule has 0 radical (unpaired) electrons. The molecule has 0 aromatic carbocycles. The molecule has 0 spiro atoms. The van der Waals surface area contributed by atoms with E-state index in [4.69, 9.17) is 0 Å². The van der Waals surface area contributed by atoms with Crippen LogP contribution in [0.1, 0.15) is 27.7 Å². The first-order chi connectivity index (χ1) is 5.39. The van der Waals surface area contributed by atoms with E-state index in [9.17, 15) is 8.42 Å². The molecule has 1 atom stereocenters. The molecule has 3 nitrogen and oxygen atoms in total. The number of rotatable bonds is 5. The average molecular weight is 194 g/mol. The third-order valence-electron chi connectivity index (χ3n) is 1.90. The van der Waals surface area contributed by atoms with Crippen LogP contribution in [-0.4, -0.2) is 20.8 Å². The molecule has 0 saturated heterocycles. The molecule has 1 unspecified atom stereocenters. The fourth-order valence-electron chi connectivity index (χ4n) is 0.742. The third kappa shape index (κ3) is 4.72. The summed E-state index contributed by atoms with van der Waals surface area (Å²) in [6.45, 7) is 7.84. The van der Waals surface area contributed by atoms with Gasteiger partial charge in [-0.25, -0.2) is 0 Å². The van der Waals surface area contributed by atoms with Crippen LogP contribution in [0.15, 0.2) is 0 Å². The zero-order chi connectivity index (χ0) is 9.78. The lowest BCUT2D eigenvalue weighted by Crippen LogP contribution is -2.19. The van der Waals surface area contributed by atoms with Crippen molar-refractivity contribution < 1.29 is 12.6 Å². The number of hydrogen-bond acceptors (Lipinski definition) is 3. The summed E-state index contributed by atoms with van der Waals surface area (Å²) < 4.78 is 26.9. The smallest absolute Gasteiger partial charge is 0.267 e. The van der Waals surface area contributed by atoms with Gasteiger partial charge < -0.3 is 0 Å². The molecular weight excluding hydrogens is 176 g/mol. The quantitative estimate of drug-likeness (QED) is 0.625. The SMILES string of the molecule is CCOS(=O)(=O)CC(C)C(C)C. The molecule has 0 amide bonds. The first-order valence-electron chi connectivity index (χ1n) is 4.26. The van der Waals surface area contributed by atoms with Gasteiger partial charge in [-0.1, -0.05) is 20.8 Å². The fraction of sp³-hybridized carbons (Fsp3) is 1.00. The second-order valence-corrected chi connectivity index (χ2v) is 5.04. The van der Waals surface area contributed by atoms with E-state index in [-0.39, 0.29) is 18.3 Å². The molecule has 4 heteroatoms. The zero-order valence-electron chi connectivity index (χ0n) is 8.20. The molecule has 0 aromatic heterocycles. The maximum atomic E-state index is 11.1. The van der Waals surface area contributed by atoms with Crippen LogP contribution >= 0.6 is 0 Å². The molecule has 0 N–H and O–H groups in total. The number of hydrogen-bond donors (Lipinski definition) is 0. The Morgan fingerprint density at radius 2 is 1.75 bits per heavy atom. The Morgan fingerprint density at radius 3 is 2.08 bits per heavy atom. The summed E-state index contributed by atoms with van der Waals surface area (Å²) >= 11 is 0. The second kappa shape index (κ2) is 4.82. The fourth-order valence-corrected chi connectivity index (χ4v) is 2.23. The van der Waals surface area contributed by atoms with Gasteiger partial charge in [0, 0.05) is 0 Å². The van der Waals surface area contributed by atoms with Crippen LogP contribution in [0.2, 0.25) is 0 Å². The average Bonchev–Trinajstić information content (AvgIpc) is 1.85. The summed E-state index contributed by atoms with van der Waals surface area (Å²) in [6.07, 6.45) is 0. The van der Waals surface area contributed by atoms with E-state index >= 15 is 0 Å². The van der Waals surface area contributed by atoms with Gasteiger partial charge >= 0.3 is 0 Å². The van der Waals surface area contributed by atoms with E-state index in [2.05, 4.69) is 4.18 Å². The van der Waals surface area contributed by atoms with Crippen molar-refractivity contribution in [3.8, 4) is 0 Å². The normalized spacial score (nSPS) is 15.1. The van der Waals surface area contributed by atoms with Crippen molar-refractivity contribution in [2.24, 2.45) is 11.8 Å². The summed E-state index contributed by atoms with van der Waals surface area (Å²) in [4.78, 5) is 0. The van der Waals surface area contributed by atoms with Crippen molar-refractivity contribution in [3.63, 3.8) is 0 Å². The van der Waals surface area contributed by atoms with Crippen molar-refractivity contribution in [2.75, 3.05) is 12.4 Å². The Balaban J connectivity index is 4.07. The molecule has 0 aliphatic rings. The summed E-state index contributed by atoms with van der Waals surface area (Å²) in [5, 5.41) is 0. The Hall–Kier alpha value is -0.0900. The highest BCUT2D eigenvalue weighted by Crippen LogP contribution is 2.12. The van der Waals surface area contributed by atoms with E-state index in [1.54, 1.807) is 6.92 Å². The van der Waals surface area contributed by atoms with Gasteiger partial charge in [0.05, 0.1) is 12.4 Å². The first kappa shape index (κ1) is 11.9. The second-order valence-electron chi connectivity index (χ2n) is 3.35. The van der Waals surface area contributed by atoms with Crippen molar-refractivity contribution >= 4 is 10.1 Å². The summed E-state index contributed by atoms with van der Waals surface area (Å²) in [7, 11) is -3.28. The van der Waals surface area contributed by atoms with Gasteiger partial charge in [-0.15, -0.1) is 0 Å². The minimum atomic E-state index is -3.28. The first-order valence-corrected chi connectivity index (χ1v) is 5.84. The Morgan fingerprint density at radius 1 is 1.25 bits per heavy atom.